The van der Waals surface area contributed by atoms with Crippen molar-refractivity contribution in [3.05, 3.63) is 76.7 Å². The molecule has 1 amide bonds. The molecule has 192 valence electrons. The zero-order valence-corrected chi connectivity index (χ0v) is 21.4. The lowest BCUT2D eigenvalue weighted by atomic mass is 10.0. The summed E-state index contributed by atoms with van der Waals surface area (Å²) >= 11 is 6.03. The molecule has 2 aromatic carbocycles. The second kappa shape index (κ2) is 11.6. The summed E-state index contributed by atoms with van der Waals surface area (Å²) in [4.78, 5) is 25.4. The number of carbonyl (C=O) groups is 1. The van der Waals surface area contributed by atoms with Crippen LogP contribution in [0.15, 0.2) is 54.9 Å². The Kier molecular flexibility index (Phi) is 8.79. The minimum absolute atomic E-state index is 0.0366. The summed E-state index contributed by atoms with van der Waals surface area (Å²) in [7, 11) is 0. The van der Waals surface area contributed by atoms with Gasteiger partial charge in [0.2, 0.25) is 0 Å². The fourth-order valence-corrected chi connectivity index (χ4v) is 4.20. The fraction of sp³-hybridized carbons (Fsp3) is 0.346. The van der Waals surface area contributed by atoms with Crippen molar-refractivity contribution in [2.45, 2.75) is 39.9 Å². The molecule has 1 N–H and O–H groups in total. The zero-order valence-electron chi connectivity index (χ0n) is 20.6. The van der Waals surface area contributed by atoms with Crippen LogP contribution in [0.5, 0.6) is 0 Å². The standard InChI is InChI=1S/C26H29ClF3N5O/c1-5-32-21-12-19(11-20(14-21)26(28,29)30)25(36)35(7-3)22-10-8-9-18(13-22)17(4)34(6-2)24-16-31-15-23(27)33-24/h8-17,32H,5-7H2,1-4H3. The van der Waals surface area contributed by atoms with Crippen molar-refractivity contribution in [2.24, 2.45) is 0 Å². The molecule has 1 aromatic heterocycles. The maximum atomic E-state index is 13.5. The van der Waals surface area contributed by atoms with Crippen molar-refractivity contribution in [3.8, 4) is 0 Å². The van der Waals surface area contributed by atoms with E-state index in [1.54, 1.807) is 26.1 Å². The third kappa shape index (κ3) is 6.26. The van der Waals surface area contributed by atoms with E-state index in [2.05, 4.69) is 15.3 Å². The van der Waals surface area contributed by atoms with Gasteiger partial charge in [-0.05, 0) is 63.6 Å². The summed E-state index contributed by atoms with van der Waals surface area (Å²) in [6.45, 7) is 8.89. The summed E-state index contributed by atoms with van der Waals surface area (Å²) in [5.74, 6) is 0.104. The summed E-state index contributed by atoms with van der Waals surface area (Å²) in [6.07, 6.45) is -1.48. The highest BCUT2D eigenvalue weighted by Crippen LogP contribution is 2.33. The van der Waals surface area contributed by atoms with E-state index in [0.717, 1.165) is 17.7 Å². The molecule has 36 heavy (non-hydrogen) atoms. The van der Waals surface area contributed by atoms with Gasteiger partial charge in [-0.15, -0.1) is 0 Å². The number of alkyl halides is 3. The molecule has 3 aromatic rings. The van der Waals surface area contributed by atoms with Crippen LogP contribution in [0.2, 0.25) is 5.15 Å². The molecule has 0 aliphatic rings. The van der Waals surface area contributed by atoms with E-state index in [1.165, 1.54) is 17.2 Å². The first-order valence-electron chi connectivity index (χ1n) is 11.7. The van der Waals surface area contributed by atoms with E-state index in [1.807, 2.05) is 36.9 Å². The lowest BCUT2D eigenvalue weighted by Crippen LogP contribution is -2.31. The van der Waals surface area contributed by atoms with Gasteiger partial charge in [-0.25, -0.2) is 4.98 Å². The Morgan fingerprint density at radius 1 is 1.08 bits per heavy atom. The van der Waals surface area contributed by atoms with Gasteiger partial charge in [-0.2, -0.15) is 13.2 Å². The van der Waals surface area contributed by atoms with E-state index < -0.39 is 17.6 Å². The van der Waals surface area contributed by atoms with Crippen LogP contribution in [-0.2, 0) is 6.18 Å². The van der Waals surface area contributed by atoms with Gasteiger partial charge in [0, 0.05) is 36.6 Å². The number of rotatable bonds is 9. The molecule has 0 spiro atoms. The Hall–Kier alpha value is -3.33. The number of nitrogens with zero attached hydrogens (tertiary/aromatic N) is 4. The van der Waals surface area contributed by atoms with Crippen molar-refractivity contribution in [2.75, 3.05) is 34.8 Å². The van der Waals surface area contributed by atoms with Crippen molar-refractivity contribution in [3.63, 3.8) is 0 Å². The van der Waals surface area contributed by atoms with Crippen LogP contribution in [0, 0.1) is 0 Å². The number of halogens is 4. The van der Waals surface area contributed by atoms with Crippen molar-refractivity contribution >= 4 is 34.7 Å². The molecule has 0 saturated heterocycles. The van der Waals surface area contributed by atoms with Crippen molar-refractivity contribution in [1.29, 1.82) is 0 Å². The Balaban J connectivity index is 1.96. The van der Waals surface area contributed by atoms with Gasteiger partial charge in [0.05, 0.1) is 24.0 Å². The fourth-order valence-electron chi connectivity index (χ4n) is 4.06. The largest absolute Gasteiger partial charge is 0.416 e. The van der Waals surface area contributed by atoms with Crippen molar-refractivity contribution in [1.82, 2.24) is 9.97 Å². The molecule has 0 bridgehead atoms. The lowest BCUT2D eigenvalue weighted by molar-refractivity contribution is -0.137. The third-order valence-corrected chi connectivity index (χ3v) is 5.99. The first kappa shape index (κ1) is 27.3. The van der Waals surface area contributed by atoms with Gasteiger partial charge in [-0.1, -0.05) is 23.7 Å². The number of nitrogens with one attached hydrogen (secondary N) is 1. The normalized spacial score (nSPS) is 12.2. The smallest absolute Gasteiger partial charge is 0.385 e. The molecule has 1 unspecified atom stereocenters. The second-order valence-corrected chi connectivity index (χ2v) is 8.52. The van der Waals surface area contributed by atoms with Crippen LogP contribution in [0.3, 0.4) is 0 Å². The molecule has 10 heteroatoms. The highest BCUT2D eigenvalue weighted by atomic mass is 35.5. The Morgan fingerprint density at radius 3 is 2.44 bits per heavy atom. The quantitative estimate of drug-likeness (QED) is 0.335. The summed E-state index contributed by atoms with van der Waals surface area (Å²) in [6, 6.07) is 10.6. The number of anilines is 3. The predicted octanol–water partition coefficient (Wildman–Crippen LogP) is 6.83. The molecule has 6 nitrogen and oxygen atoms in total. The molecule has 0 aliphatic carbocycles. The number of benzene rings is 2. The number of hydrogen-bond acceptors (Lipinski definition) is 5. The monoisotopic (exact) mass is 519 g/mol. The minimum Gasteiger partial charge on any atom is -0.385 e. The van der Waals surface area contributed by atoms with Crippen LogP contribution in [-0.4, -0.2) is 35.5 Å². The maximum absolute atomic E-state index is 13.5. The number of amides is 1. The number of aromatic nitrogens is 2. The van der Waals surface area contributed by atoms with Crippen LogP contribution in [0.25, 0.3) is 0 Å². The van der Waals surface area contributed by atoms with Gasteiger partial charge in [0.25, 0.3) is 5.91 Å². The lowest BCUT2D eigenvalue weighted by Gasteiger charge is -2.30. The summed E-state index contributed by atoms with van der Waals surface area (Å²) < 4.78 is 40.5. The van der Waals surface area contributed by atoms with E-state index in [9.17, 15) is 18.0 Å². The molecule has 0 aliphatic heterocycles. The van der Waals surface area contributed by atoms with Gasteiger partial charge in [0.1, 0.15) is 11.0 Å². The molecule has 3 rings (SSSR count). The Morgan fingerprint density at radius 2 is 1.83 bits per heavy atom. The van der Waals surface area contributed by atoms with Crippen LogP contribution >= 0.6 is 11.6 Å². The van der Waals surface area contributed by atoms with Gasteiger partial charge >= 0.3 is 6.18 Å². The van der Waals surface area contributed by atoms with E-state index in [0.29, 0.717) is 24.6 Å². The predicted molar refractivity (Wildman–Crippen MR) is 138 cm³/mol. The number of carbonyl (C=O) groups excluding carboxylic acids is 1. The van der Waals surface area contributed by atoms with Gasteiger partial charge in [0.15, 0.2) is 0 Å². The minimum atomic E-state index is -4.57. The molecule has 1 atom stereocenters. The van der Waals surface area contributed by atoms with Crippen LogP contribution in [0.4, 0.5) is 30.4 Å². The van der Waals surface area contributed by atoms with Gasteiger partial charge in [-0.3, -0.25) is 9.78 Å². The van der Waals surface area contributed by atoms with E-state index >= 15 is 0 Å². The molecular weight excluding hydrogens is 491 g/mol. The zero-order chi connectivity index (χ0) is 26.5. The van der Waals surface area contributed by atoms with E-state index in [-0.39, 0.29) is 29.0 Å². The molecule has 0 fully saturated rings. The van der Waals surface area contributed by atoms with Crippen LogP contribution in [0.1, 0.15) is 55.2 Å². The van der Waals surface area contributed by atoms with E-state index in [4.69, 9.17) is 11.6 Å². The summed E-state index contributed by atoms with van der Waals surface area (Å²) in [5.41, 5.74) is 0.826. The molecule has 0 radical (unpaired) electrons. The molecule has 0 saturated carbocycles. The van der Waals surface area contributed by atoms with Gasteiger partial charge < -0.3 is 15.1 Å². The first-order chi connectivity index (χ1) is 17.1. The van der Waals surface area contributed by atoms with Crippen molar-refractivity contribution < 1.29 is 18.0 Å². The van der Waals surface area contributed by atoms with Crippen LogP contribution < -0.4 is 15.1 Å². The topological polar surface area (TPSA) is 61.4 Å². The SMILES string of the molecule is CCNc1cc(C(=O)N(CC)c2cccc(C(C)N(CC)c3cncc(Cl)n3)c2)cc(C(F)(F)F)c1. The first-order valence-corrected chi connectivity index (χ1v) is 12.1. The second-order valence-electron chi connectivity index (χ2n) is 8.13. The molecular formula is C26H29ClF3N5O. The average Bonchev–Trinajstić information content (AvgIpc) is 2.84. The Labute approximate surface area is 214 Å². The average molecular weight is 520 g/mol. The molecule has 1 heterocycles. The Bertz CT molecular complexity index is 1200. The third-order valence-electron chi connectivity index (χ3n) is 5.81. The summed E-state index contributed by atoms with van der Waals surface area (Å²) in [5, 5.41) is 3.16. The highest BCUT2D eigenvalue weighted by molar-refractivity contribution is 6.29. The highest BCUT2D eigenvalue weighted by Gasteiger charge is 2.32. The number of hydrogen-bond donors (Lipinski definition) is 1. The maximum Gasteiger partial charge on any atom is 0.416 e.